The molecule has 2 aromatic heterocycles. The second-order valence-electron chi connectivity index (χ2n) is 9.06. The van der Waals surface area contributed by atoms with Gasteiger partial charge in [-0.05, 0) is 54.6 Å². The number of amides is 1. The highest BCUT2D eigenvalue weighted by Crippen LogP contribution is 2.38. The summed E-state index contributed by atoms with van der Waals surface area (Å²) in [7, 11) is 1.76. The largest absolute Gasteiger partial charge is 0.493 e. The Morgan fingerprint density at radius 1 is 1.05 bits per heavy atom. The molecule has 3 heterocycles. The molecule has 4 aromatic rings. The van der Waals surface area contributed by atoms with E-state index in [0.29, 0.717) is 36.7 Å². The minimum Gasteiger partial charge on any atom is -0.493 e. The maximum absolute atomic E-state index is 13.4. The molecule has 0 saturated carbocycles. The number of rotatable bonds is 7. The zero-order chi connectivity index (χ0) is 26.1. The van der Waals surface area contributed by atoms with Gasteiger partial charge in [0.2, 0.25) is 0 Å². The number of fused-ring (bicyclic) bond motifs is 3. The second-order valence-corrected chi connectivity index (χ2v) is 9.06. The molecule has 0 aliphatic carbocycles. The molecule has 37 heavy (non-hydrogen) atoms. The molecular formula is C29H28N4O4. The summed E-state index contributed by atoms with van der Waals surface area (Å²) in [5.41, 5.74) is 3.79. The second kappa shape index (κ2) is 9.89. The van der Waals surface area contributed by atoms with Crippen molar-refractivity contribution in [3.63, 3.8) is 0 Å². The zero-order valence-electron chi connectivity index (χ0n) is 21.1. The van der Waals surface area contributed by atoms with E-state index < -0.39 is 5.97 Å². The molecule has 188 valence electrons. The van der Waals surface area contributed by atoms with Crippen LogP contribution in [0.5, 0.6) is 5.75 Å². The number of ether oxygens (including phenoxy) is 1. The van der Waals surface area contributed by atoms with E-state index in [0.717, 1.165) is 39.1 Å². The van der Waals surface area contributed by atoms with Crippen molar-refractivity contribution in [2.24, 2.45) is 0 Å². The van der Waals surface area contributed by atoms with Gasteiger partial charge in [-0.15, -0.1) is 0 Å². The standard InChI is InChI=1S/C29H28N4O4/c1-4-33-27-23(29(36)32(3)24-11-9-18(2)31-28(24)33)15-19(17-30-27)13-14-37-25-12-10-20(16-26(34)35)21-7-5-6-8-22(21)25/h5-12,15,17H,4,13-14,16H2,1-3H3,(H,34,35). The third-order valence-corrected chi connectivity index (χ3v) is 6.61. The van der Waals surface area contributed by atoms with Crippen molar-refractivity contribution in [1.29, 1.82) is 0 Å². The number of anilines is 3. The van der Waals surface area contributed by atoms with Crippen LogP contribution in [-0.2, 0) is 17.6 Å². The molecular weight excluding hydrogens is 468 g/mol. The highest BCUT2D eigenvalue weighted by atomic mass is 16.5. The van der Waals surface area contributed by atoms with E-state index in [-0.39, 0.29) is 12.3 Å². The summed E-state index contributed by atoms with van der Waals surface area (Å²) in [6.45, 7) is 4.95. The first-order valence-electron chi connectivity index (χ1n) is 12.2. The predicted octanol–water partition coefficient (Wildman–Crippen LogP) is 4.93. The highest BCUT2D eigenvalue weighted by Gasteiger charge is 2.30. The first-order chi connectivity index (χ1) is 17.9. The van der Waals surface area contributed by atoms with Crippen LogP contribution in [0.25, 0.3) is 10.8 Å². The number of aliphatic carboxylic acids is 1. The summed E-state index contributed by atoms with van der Waals surface area (Å²) < 4.78 is 6.12. The van der Waals surface area contributed by atoms with Gasteiger partial charge in [0.05, 0.1) is 24.3 Å². The van der Waals surface area contributed by atoms with Gasteiger partial charge < -0.3 is 19.6 Å². The minimum absolute atomic E-state index is 0.0439. The molecule has 0 saturated heterocycles. The van der Waals surface area contributed by atoms with Crippen molar-refractivity contribution >= 4 is 40.0 Å². The van der Waals surface area contributed by atoms with Crippen molar-refractivity contribution in [3.8, 4) is 5.75 Å². The van der Waals surface area contributed by atoms with Gasteiger partial charge in [0.25, 0.3) is 5.91 Å². The lowest BCUT2D eigenvalue weighted by Crippen LogP contribution is -2.25. The summed E-state index contributed by atoms with van der Waals surface area (Å²) in [6.07, 6.45) is 2.30. The number of aromatic nitrogens is 2. The van der Waals surface area contributed by atoms with E-state index >= 15 is 0 Å². The fraction of sp³-hybridized carbons (Fsp3) is 0.241. The Kier molecular flexibility index (Phi) is 6.48. The van der Waals surface area contributed by atoms with E-state index in [4.69, 9.17) is 9.72 Å². The summed E-state index contributed by atoms with van der Waals surface area (Å²) in [6, 6.07) is 17.0. The number of hydrogen-bond acceptors (Lipinski definition) is 6. The molecule has 2 aromatic carbocycles. The molecule has 8 heteroatoms. The smallest absolute Gasteiger partial charge is 0.307 e. The molecule has 0 atom stereocenters. The van der Waals surface area contributed by atoms with Gasteiger partial charge in [0, 0.05) is 37.3 Å². The first kappa shape index (κ1) is 24.2. The SMILES string of the molecule is CCN1c2ncc(CCOc3ccc(CC(=O)O)c4ccccc34)cc2C(=O)N(C)c2ccc(C)nc21. The molecule has 0 bridgehead atoms. The van der Waals surface area contributed by atoms with Crippen LogP contribution in [0.4, 0.5) is 17.3 Å². The van der Waals surface area contributed by atoms with Crippen LogP contribution < -0.4 is 14.5 Å². The Labute approximate surface area is 215 Å². The summed E-state index contributed by atoms with van der Waals surface area (Å²) in [5, 5.41) is 11.0. The van der Waals surface area contributed by atoms with Crippen LogP contribution in [0.15, 0.2) is 60.8 Å². The number of aryl methyl sites for hydroxylation is 1. The molecule has 1 N–H and O–H groups in total. The van der Waals surface area contributed by atoms with Crippen LogP contribution in [0.1, 0.15) is 34.1 Å². The molecule has 1 aliphatic heterocycles. The zero-order valence-corrected chi connectivity index (χ0v) is 21.1. The maximum atomic E-state index is 13.4. The summed E-state index contributed by atoms with van der Waals surface area (Å²) >= 11 is 0. The lowest BCUT2D eigenvalue weighted by Gasteiger charge is -2.23. The molecule has 1 amide bonds. The number of carbonyl (C=O) groups excluding carboxylic acids is 1. The number of nitrogens with zero attached hydrogens (tertiary/aromatic N) is 4. The molecule has 1 aliphatic rings. The number of hydrogen-bond donors (Lipinski definition) is 1. The third-order valence-electron chi connectivity index (χ3n) is 6.61. The molecule has 5 rings (SSSR count). The fourth-order valence-electron chi connectivity index (χ4n) is 4.75. The van der Waals surface area contributed by atoms with Crippen molar-refractivity contribution in [1.82, 2.24) is 9.97 Å². The van der Waals surface area contributed by atoms with Crippen molar-refractivity contribution in [3.05, 3.63) is 83.2 Å². The van der Waals surface area contributed by atoms with E-state index in [1.807, 2.05) is 67.3 Å². The molecule has 0 fully saturated rings. The Morgan fingerprint density at radius 2 is 1.84 bits per heavy atom. The number of carbonyl (C=O) groups is 2. The minimum atomic E-state index is -0.870. The van der Waals surface area contributed by atoms with Crippen LogP contribution in [0.2, 0.25) is 0 Å². The normalized spacial score (nSPS) is 12.8. The number of carboxylic acids is 1. The summed E-state index contributed by atoms with van der Waals surface area (Å²) in [5.74, 6) is 1.01. The Balaban J connectivity index is 1.39. The third kappa shape index (κ3) is 4.58. The van der Waals surface area contributed by atoms with Gasteiger partial charge in [-0.1, -0.05) is 30.3 Å². The van der Waals surface area contributed by atoms with E-state index in [1.165, 1.54) is 0 Å². The van der Waals surface area contributed by atoms with Crippen molar-refractivity contribution in [2.75, 3.05) is 30.0 Å². The monoisotopic (exact) mass is 496 g/mol. The first-order valence-corrected chi connectivity index (χ1v) is 12.2. The van der Waals surface area contributed by atoms with Crippen LogP contribution in [-0.4, -0.2) is 47.2 Å². The molecule has 0 unspecified atom stereocenters. The molecule has 0 radical (unpaired) electrons. The Hall–Kier alpha value is -4.46. The van der Waals surface area contributed by atoms with Gasteiger partial charge in [0.1, 0.15) is 11.6 Å². The maximum Gasteiger partial charge on any atom is 0.307 e. The van der Waals surface area contributed by atoms with Crippen LogP contribution in [0.3, 0.4) is 0 Å². The van der Waals surface area contributed by atoms with Crippen molar-refractivity contribution < 1.29 is 19.4 Å². The van der Waals surface area contributed by atoms with Gasteiger partial charge in [0.15, 0.2) is 5.82 Å². The van der Waals surface area contributed by atoms with E-state index in [1.54, 1.807) is 24.2 Å². The summed E-state index contributed by atoms with van der Waals surface area (Å²) in [4.78, 5) is 37.6. The predicted molar refractivity (Wildman–Crippen MR) is 143 cm³/mol. The van der Waals surface area contributed by atoms with Gasteiger partial charge in [-0.3, -0.25) is 9.59 Å². The topological polar surface area (TPSA) is 95.9 Å². The van der Waals surface area contributed by atoms with Crippen LogP contribution >= 0.6 is 0 Å². The van der Waals surface area contributed by atoms with Gasteiger partial charge in [-0.2, -0.15) is 0 Å². The number of pyridine rings is 2. The average Bonchev–Trinajstić information content (AvgIpc) is 2.97. The lowest BCUT2D eigenvalue weighted by molar-refractivity contribution is -0.136. The fourth-order valence-corrected chi connectivity index (χ4v) is 4.75. The molecule has 0 spiro atoms. The van der Waals surface area contributed by atoms with E-state index in [9.17, 15) is 14.7 Å². The molecule has 8 nitrogen and oxygen atoms in total. The van der Waals surface area contributed by atoms with Crippen molar-refractivity contribution in [2.45, 2.75) is 26.7 Å². The Morgan fingerprint density at radius 3 is 2.59 bits per heavy atom. The van der Waals surface area contributed by atoms with Gasteiger partial charge in [-0.25, -0.2) is 9.97 Å². The van der Waals surface area contributed by atoms with E-state index in [2.05, 4.69) is 4.98 Å². The lowest BCUT2D eigenvalue weighted by atomic mass is 10.0. The quantitative estimate of drug-likeness (QED) is 0.387. The number of benzene rings is 2. The average molecular weight is 497 g/mol. The van der Waals surface area contributed by atoms with Gasteiger partial charge >= 0.3 is 5.97 Å². The Bertz CT molecular complexity index is 1520. The highest BCUT2D eigenvalue weighted by molar-refractivity contribution is 6.12. The number of carboxylic acid groups (broad SMARTS) is 1. The van der Waals surface area contributed by atoms with Crippen LogP contribution in [0, 0.1) is 6.92 Å².